The van der Waals surface area contributed by atoms with Gasteiger partial charge in [-0.2, -0.15) is 18.3 Å². The normalized spacial score (nSPS) is 11.5. The molecule has 30 heavy (non-hydrogen) atoms. The molecular formula is C20H14F3N5OS. The summed E-state index contributed by atoms with van der Waals surface area (Å²) in [6, 6.07) is 8.47. The summed E-state index contributed by atoms with van der Waals surface area (Å²) in [4.78, 5) is 20.7. The van der Waals surface area contributed by atoms with Crippen LogP contribution in [-0.4, -0.2) is 26.1 Å². The average Bonchev–Trinajstić information content (AvgIpc) is 3.36. The molecule has 0 saturated heterocycles. The van der Waals surface area contributed by atoms with Crippen LogP contribution in [0.15, 0.2) is 54.2 Å². The first kappa shape index (κ1) is 19.8. The molecule has 0 spiro atoms. The second-order valence-electron chi connectivity index (χ2n) is 6.38. The summed E-state index contributed by atoms with van der Waals surface area (Å²) in [5.41, 5.74) is 1.98. The van der Waals surface area contributed by atoms with Crippen LogP contribution in [0.4, 0.5) is 19.0 Å². The zero-order chi connectivity index (χ0) is 21.3. The predicted molar refractivity (Wildman–Crippen MR) is 107 cm³/mol. The van der Waals surface area contributed by atoms with Gasteiger partial charge in [-0.1, -0.05) is 12.1 Å². The fourth-order valence-electron chi connectivity index (χ4n) is 2.83. The highest BCUT2D eigenvalue weighted by Crippen LogP contribution is 2.33. The third-order valence-electron chi connectivity index (χ3n) is 4.38. The number of thiazole rings is 1. The maximum absolute atomic E-state index is 12.9. The van der Waals surface area contributed by atoms with Crippen LogP contribution in [0.25, 0.3) is 21.8 Å². The zero-order valence-electron chi connectivity index (χ0n) is 15.5. The highest BCUT2D eigenvalue weighted by Gasteiger charge is 2.30. The Labute approximate surface area is 172 Å². The number of benzene rings is 1. The molecule has 0 atom stereocenters. The highest BCUT2D eigenvalue weighted by atomic mass is 32.1. The van der Waals surface area contributed by atoms with Crippen molar-refractivity contribution in [1.29, 1.82) is 0 Å². The van der Waals surface area contributed by atoms with Crippen molar-refractivity contribution < 1.29 is 18.0 Å². The molecule has 0 aliphatic carbocycles. The standard InChI is InChI=1S/C20H14F3N5OS/c1-11-16(12-5-7-24-8-6-12)27-28-17(11)26-18(29)15-10-30-19(25-15)13-3-2-4-14(9-13)20(21,22)23/h2-10H,1H3,(H2,26,27,28,29). The smallest absolute Gasteiger partial charge is 0.303 e. The monoisotopic (exact) mass is 429 g/mol. The van der Waals surface area contributed by atoms with Gasteiger partial charge in [-0.25, -0.2) is 4.98 Å². The summed E-state index contributed by atoms with van der Waals surface area (Å²) in [6.07, 6.45) is -1.14. The second-order valence-corrected chi connectivity index (χ2v) is 7.24. The number of amides is 1. The Kier molecular flexibility index (Phi) is 5.08. The van der Waals surface area contributed by atoms with Gasteiger partial charge in [0.05, 0.1) is 11.3 Å². The van der Waals surface area contributed by atoms with Gasteiger partial charge in [0.1, 0.15) is 10.7 Å². The van der Waals surface area contributed by atoms with Crippen LogP contribution in [0.1, 0.15) is 21.6 Å². The molecule has 4 aromatic rings. The first-order valence-electron chi connectivity index (χ1n) is 8.73. The van der Waals surface area contributed by atoms with Gasteiger partial charge in [-0.3, -0.25) is 14.9 Å². The molecule has 0 saturated carbocycles. The molecule has 1 amide bonds. The molecule has 3 aromatic heterocycles. The van der Waals surface area contributed by atoms with Crippen LogP contribution >= 0.6 is 11.3 Å². The highest BCUT2D eigenvalue weighted by molar-refractivity contribution is 7.13. The third kappa shape index (κ3) is 3.94. The quantitative estimate of drug-likeness (QED) is 0.469. The number of aromatic nitrogens is 4. The lowest BCUT2D eigenvalue weighted by Gasteiger charge is -2.07. The van der Waals surface area contributed by atoms with E-state index in [0.29, 0.717) is 16.4 Å². The van der Waals surface area contributed by atoms with E-state index in [1.54, 1.807) is 12.4 Å². The molecule has 2 N–H and O–H groups in total. The molecule has 1 aromatic carbocycles. The SMILES string of the molecule is Cc1c(NC(=O)c2csc(-c3cccc(C(F)(F)F)c3)n2)n[nH]c1-c1ccncc1. The van der Waals surface area contributed by atoms with Crippen molar-refractivity contribution in [2.24, 2.45) is 0 Å². The number of anilines is 1. The summed E-state index contributed by atoms with van der Waals surface area (Å²) in [5.74, 6) is -0.152. The molecule has 0 fully saturated rings. The van der Waals surface area contributed by atoms with Gasteiger partial charge >= 0.3 is 6.18 Å². The summed E-state index contributed by atoms with van der Waals surface area (Å²) in [7, 11) is 0. The van der Waals surface area contributed by atoms with E-state index in [9.17, 15) is 18.0 Å². The molecule has 0 unspecified atom stereocenters. The van der Waals surface area contributed by atoms with E-state index in [1.807, 2.05) is 19.1 Å². The molecule has 0 aliphatic heterocycles. The van der Waals surface area contributed by atoms with Gasteiger partial charge in [0.15, 0.2) is 5.82 Å². The molecule has 0 bridgehead atoms. The maximum Gasteiger partial charge on any atom is 0.416 e. The topological polar surface area (TPSA) is 83.6 Å². The van der Waals surface area contributed by atoms with E-state index in [2.05, 4.69) is 25.5 Å². The van der Waals surface area contributed by atoms with Gasteiger partial charge in [-0.05, 0) is 31.2 Å². The number of H-pyrrole nitrogens is 1. The van der Waals surface area contributed by atoms with Crippen molar-refractivity contribution in [2.45, 2.75) is 13.1 Å². The number of halogens is 3. The Morgan fingerprint density at radius 1 is 1.13 bits per heavy atom. The van der Waals surface area contributed by atoms with E-state index in [-0.39, 0.29) is 5.69 Å². The lowest BCUT2D eigenvalue weighted by atomic mass is 10.1. The first-order valence-corrected chi connectivity index (χ1v) is 9.61. The number of pyridine rings is 1. The van der Waals surface area contributed by atoms with Crippen molar-refractivity contribution in [1.82, 2.24) is 20.2 Å². The number of aromatic amines is 1. The number of nitrogens with zero attached hydrogens (tertiary/aromatic N) is 3. The Morgan fingerprint density at radius 2 is 1.90 bits per heavy atom. The van der Waals surface area contributed by atoms with Crippen molar-refractivity contribution in [3.63, 3.8) is 0 Å². The van der Waals surface area contributed by atoms with Gasteiger partial charge in [0.25, 0.3) is 5.91 Å². The van der Waals surface area contributed by atoms with Crippen molar-refractivity contribution in [3.8, 4) is 21.8 Å². The van der Waals surface area contributed by atoms with Crippen LogP contribution in [0.2, 0.25) is 0 Å². The fourth-order valence-corrected chi connectivity index (χ4v) is 3.63. The number of nitrogens with one attached hydrogen (secondary N) is 2. The van der Waals surface area contributed by atoms with E-state index in [0.717, 1.165) is 40.3 Å². The second kappa shape index (κ2) is 7.71. The van der Waals surface area contributed by atoms with Crippen molar-refractivity contribution in [3.05, 3.63) is 71.0 Å². The van der Waals surface area contributed by atoms with Gasteiger partial charge in [-0.15, -0.1) is 11.3 Å². The van der Waals surface area contributed by atoms with Gasteiger partial charge in [0.2, 0.25) is 0 Å². The Bertz CT molecular complexity index is 1200. The van der Waals surface area contributed by atoms with Crippen LogP contribution in [-0.2, 0) is 6.18 Å². The van der Waals surface area contributed by atoms with Crippen molar-refractivity contribution in [2.75, 3.05) is 5.32 Å². The van der Waals surface area contributed by atoms with E-state index in [4.69, 9.17) is 0 Å². The van der Waals surface area contributed by atoms with E-state index < -0.39 is 17.6 Å². The first-order chi connectivity index (χ1) is 14.3. The largest absolute Gasteiger partial charge is 0.416 e. The molecule has 10 heteroatoms. The number of carbonyl (C=O) groups excluding carboxylic acids is 1. The molecule has 0 radical (unpaired) electrons. The number of carbonyl (C=O) groups is 1. The van der Waals surface area contributed by atoms with E-state index >= 15 is 0 Å². The molecule has 4 rings (SSSR count). The molecule has 0 aliphatic rings. The zero-order valence-corrected chi connectivity index (χ0v) is 16.3. The fraction of sp³-hybridized carbons (Fsp3) is 0.100. The lowest BCUT2D eigenvalue weighted by Crippen LogP contribution is -2.13. The summed E-state index contributed by atoms with van der Waals surface area (Å²) in [5, 5.41) is 11.5. The molecule has 3 heterocycles. The molecule has 6 nitrogen and oxygen atoms in total. The van der Waals surface area contributed by atoms with Crippen LogP contribution in [0.3, 0.4) is 0 Å². The number of hydrogen-bond acceptors (Lipinski definition) is 5. The number of alkyl halides is 3. The summed E-state index contributed by atoms with van der Waals surface area (Å²) < 4.78 is 38.8. The third-order valence-corrected chi connectivity index (χ3v) is 5.28. The maximum atomic E-state index is 12.9. The average molecular weight is 429 g/mol. The van der Waals surface area contributed by atoms with E-state index in [1.165, 1.54) is 17.5 Å². The van der Waals surface area contributed by atoms with Crippen molar-refractivity contribution >= 4 is 23.1 Å². The molecule has 152 valence electrons. The predicted octanol–water partition coefficient (Wildman–Crippen LogP) is 5.17. The van der Waals surface area contributed by atoms with Crippen LogP contribution in [0.5, 0.6) is 0 Å². The van der Waals surface area contributed by atoms with Gasteiger partial charge < -0.3 is 5.32 Å². The number of rotatable bonds is 4. The van der Waals surface area contributed by atoms with Gasteiger partial charge in [0, 0.05) is 34.5 Å². The van der Waals surface area contributed by atoms with Crippen LogP contribution < -0.4 is 5.32 Å². The van der Waals surface area contributed by atoms with Crippen LogP contribution in [0, 0.1) is 6.92 Å². The summed E-state index contributed by atoms with van der Waals surface area (Å²) in [6.45, 7) is 1.81. The molecular weight excluding hydrogens is 415 g/mol. The Balaban J connectivity index is 1.54. The Morgan fingerprint density at radius 3 is 2.63 bits per heavy atom. The Hall–Kier alpha value is -3.53. The summed E-state index contributed by atoms with van der Waals surface area (Å²) >= 11 is 1.09. The minimum absolute atomic E-state index is 0.0975. The minimum atomic E-state index is -4.45. The minimum Gasteiger partial charge on any atom is -0.303 e. The number of hydrogen-bond donors (Lipinski definition) is 2. The lowest BCUT2D eigenvalue weighted by molar-refractivity contribution is -0.137.